The number of nitrogens with zero attached hydrogens (tertiary/aromatic N) is 1. The molecule has 1 atom stereocenters. The average molecular weight is 232 g/mol. The van der Waals surface area contributed by atoms with Gasteiger partial charge in [0.15, 0.2) is 0 Å². The first-order valence-corrected chi connectivity index (χ1v) is 5.04. The maximum atomic E-state index is 10.8. The minimum atomic E-state index is -1.06. The molecule has 0 amide bonds. The van der Waals surface area contributed by atoms with Gasteiger partial charge in [-0.25, -0.2) is 4.98 Å². The van der Waals surface area contributed by atoms with Crippen LogP contribution in [0, 0.1) is 0 Å². The van der Waals surface area contributed by atoms with Crippen molar-refractivity contribution in [3.05, 3.63) is 36.0 Å². The van der Waals surface area contributed by atoms with Crippen LogP contribution in [0.5, 0.6) is 5.88 Å². The van der Waals surface area contributed by atoms with E-state index in [4.69, 9.17) is 15.6 Å². The van der Waals surface area contributed by atoms with E-state index in [9.17, 15) is 4.79 Å². The van der Waals surface area contributed by atoms with Gasteiger partial charge < -0.3 is 15.6 Å². The highest BCUT2D eigenvalue weighted by Crippen LogP contribution is 2.25. The zero-order valence-corrected chi connectivity index (χ0v) is 9.25. The first kappa shape index (κ1) is 11.3. The lowest BCUT2D eigenvalue weighted by Crippen LogP contribution is -2.20. The van der Waals surface area contributed by atoms with Crippen LogP contribution < -0.4 is 10.5 Å². The van der Waals surface area contributed by atoms with E-state index in [1.165, 1.54) is 7.11 Å². The van der Waals surface area contributed by atoms with Gasteiger partial charge in [0.1, 0.15) is 6.04 Å². The van der Waals surface area contributed by atoms with Crippen LogP contribution in [0.25, 0.3) is 10.8 Å². The number of nitrogens with two attached hydrogens (primary N) is 1. The number of fused-ring (bicyclic) bond motifs is 1. The molecule has 0 spiro atoms. The van der Waals surface area contributed by atoms with E-state index < -0.39 is 12.0 Å². The molecule has 0 saturated carbocycles. The first-order valence-electron chi connectivity index (χ1n) is 5.04. The van der Waals surface area contributed by atoms with Crippen molar-refractivity contribution in [3.8, 4) is 5.88 Å². The third-order valence-corrected chi connectivity index (χ3v) is 2.57. The van der Waals surface area contributed by atoms with E-state index in [0.29, 0.717) is 11.4 Å². The van der Waals surface area contributed by atoms with Crippen LogP contribution in [0.2, 0.25) is 0 Å². The van der Waals surface area contributed by atoms with Crippen LogP contribution in [0.4, 0.5) is 0 Å². The van der Waals surface area contributed by atoms with Crippen molar-refractivity contribution in [2.45, 2.75) is 6.04 Å². The number of ether oxygens (including phenoxy) is 1. The molecule has 1 unspecified atom stereocenters. The number of aliphatic carboxylic acids is 1. The van der Waals surface area contributed by atoms with Crippen LogP contribution in [0.1, 0.15) is 11.6 Å². The van der Waals surface area contributed by atoms with Crippen molar-refractivity contribution in [2.24, 2.45) is 5.73 Å². The lowest BCUT2D eigenvalue weighted by molar-refractivity contribution is -0.138. The lowest BCUT2D eigenvalue weighted by Gasteiger charge is -2.09. The van der Waals surface area contributed by atoms with Crippen molar-refractivity contribution in [1.82, 2.24) is 4.98 Å². The quantitative estimate of drug-likeness (QED) is 0.833. The van der Waals surface area contributed by atoms with Gasteiger partial charge in [-0.3, -0.25) is 4.79 Å². The van der Waals surface area contributed by atoms with Crippen molar-refractivity contribution in [3.63, 3.8) is 0 Å². The highest BCUT2D eigenvalue weighted by Gasteiger charge is 2.15. The Morgan fingerprint density at radius 1 is 1.47 bits per heavy atom. The Hall–Kier alpha value is -2.14. The van der Waals surface area contributed by atoms with Crippen LogP contribution in [0.3, 0.4) is 0 Å². The number of aromatic nitrogens is 1. The van der Waals surface area contributed by atoms with Crippen molar-refractivity contribution < 1.29 is 14.6 Å². The Labute approximate surface area is 97.8 Å². The van der Waals surface area contributed by atoms with E-state index >= 15 is 0 Å². The minimum absolute atomic E-state index is 0.460. The van der Waals surface area contributed by atoms with Gasteiger partial charge in [0.25, 0.3) is 0 Å². The van der Waals surface area contributed by atoms with Gasteiger partial charge in [0, 0.05) is 11.6 Å². The summed E-state index contributed by atoms with van der Waals surface area (Å²) in [5, 5.41) is 10.5. The van der Waals surface area contributed by atoms with Crippen molar-refractivity contribution >= 4 is 16.7 Å². The summed E-state index contributed by atoms with van der Waals surface area (Å²) < 4.78 is 5.12. The molecule has 17 heavy (non-hydrogen) atoms. The topological polar surface area (TPSA) is 85.4 Å². The maximum absolute atomic E-state index is 10.8. The van der Waals surface area contributed by atoms with E-state index in [1.54, 1.807) is 24.4 Å². The van der Waals surface area contributed by atoms with Gasteiger partial charge in [-0.15, -0.1) is 0 Å². The molecule has 0 aliphatic carbocycles. The fourth-order valence-corrected chi connectivity index (χ4v) is 1.66. The minimum Gasteiger partial charge on any atom is -0.481 e. The van der Waals surface area contributed by atoms with Crippen LogP contribution in [-0.2, 0) is 4.79 Å². The largest absolute Gasteiger partial charge is 0.481 e. The molecule has 88 valence electrons. The molecule has 1 heterocycles. The summed E-state index contributed by atoms with van der Waals surface area (Å²) in [6.07, 6.45) is 1.64. The smallest absolute Gasteiger partial charge is 0.325 e. The molecule has 0 saturated heterocycles. The number of carboxylic acids is 1. The van der Waals surface area contributed by atoms with Crippen LogP contribution in [0.15, 0.2) is 30.5 Å². The van der Waals surface area contributed by atoms with Gasteiger partial charge in [-0.2, -0.15) is 0 Å². The van der Waals surface area contributed by atoms with Gasteiger partial charge >= 0.3 is 5.97 Å². The van der Waals surface area contributed by atoms with E-state index in [0.717, 1.165) is 10.8 Å². The summed E-state index contributed by atoms with van der Waals surface area (Å²) in [5.74, 6) is -0.603. The van der Waals surface area contributed by atoms with E-state index in [-0.39, 0.29) is 0 Å². The van der Waals surface area contributed by atoms with Crippen molar-refractivity contribution in [1.29, 1.82) is 0 Å². The second-order valence-corrected chi connectivity index (χ2v) is 3.62. The second-order valence-electron chi connectivity index (χ2n) is 3.62. The molecule has 2 aromatic rings. The summed E-state index contributed by atoms with van der Waals surface area (Å²) in [6, 6.07) is 5.98. The van der Waals surface area contributed by atoms with Crippen LogP contribution >= 0.6 is 0 Å². The molecule has 0 bridgehead atoms. The predicted octanol–water partition coefficient (Wildman–Crippen LogP) is 1.33. The number of pyridine rings is 1. The van der Waals surface area contributed by atoms with Crippen molar-refractivity contribution in [2.75, 3.05) is 7.11 Å². The van der Waals surface area contributed by atoms with Gasteiger partial charge in [0.2, 0.25) is 5.88 Å². The van der Waals surface area contributed by atoms with Gasteiger partial charge in [-0.1, -0.05) is 12.1 Å². The molecule has 1 aromatic heterocycles. The lowest BCUT2D eigenvalue weighted by atomic mass is 10.0. The number of methoxy groups -OCH3 is 1. The molecule has 5 nitrogen and oxygen atoms in total. The molecule has 0 aliphatic rings. The number of carbonyl (C=O) groups is 1. The number of carboxylic acid groups (broad SMARTS) is 1. The van der Waals surface area contributed by atoms with E-state index in [1.807, 2.05) is 6.07 Å². The summed E-state index contributed by atoms with van der Waals surface area (Å²) in [7, 11) is 1.52. The normalized spacial score (nSPS) is 12.4. The molecular formula is C12H12N2O3. The van der Waals surface area contributed by atoms with Gasteiger partial charge in [-0.05, 0) is 23.1 Å². The SMILES string of the molecule is COc1nccc2ccc(C(N)C(=O)O)cc12. The fourth-order valence-electron chi connectivity index (χ4n) is 1.66. The molecule has 0 radical (unpaired) electrons. The zero-order valence-electron chi connectivity index (χ0n) is 9.25. The summed E-state index contributed by atoms with van der Waals surface area (Å²) in [5.41, 5.74) is 6.08. The fraction of sp³-hybridized carbons (Fsp3) is 0.167. The summed E-state index contributed by atoms with van der Waals surface area (Å²) in [6.45, 7) is 0. The Balaban J connectivity index is 2.59. The zero-order chi connectivity index (χ0) is 12.4. The molecule has 2 rings (SSSR count). The molecule has 1 aromatic carbocycles. The number of benzene rings is 1. The Kier molecular flexibility index (Phi) is 2.93. The first-order chi connectivity index (χ1) is 8.13. The molecule has 0 aliphatic heterocycles. The third kappa shape index (κ3) is 2.05. The average Bonchev–Trinajstić information content (AvgIpc) is 2.36. The monoisotopic (exact) mass is 232 g/mol. The van der Waals surface area contributed by atoms with Gasteiger partial charge in [0.05, 0.1) is 7.11 Å². The number of hydrogen-bond acceptors (Lipinski definition) is 4. The number of rotatable bonds is 3. The maximum Gasteiger partial charge on any atom is 0.325 e. The molecule has 0 fully saturated rings. The Morgan fingerprint density at radius 3 is 2.88 bits per heavy atom. The molecule has 5 heteroatoms. The molecular weight excluding hydrogens is 220 g/mol. The number of hydrogen-bond donors (Lipinski definition) is 2. The van der Waals surface area contributed by atoms with E-state index in [2.05, 4.69) is 4.98 Å². The second kappa shape index (κ2) is 4.39. The Morgan fingerprint density at radius 2 is 2.24 bits per heavy atom. The molecule has 3 N–H and O–H groups in total. The predicted molar refractivity (Wildman–Crippen MR) is 62.9 cm³/mol. The summed E-state index contributed by atoms with van der Waals surface area (Å²) in [4.78, 5) is 14.9. The summed E-state index contributed by atoms with van der Waals surface area (Å²) >= 11 is 0. The Bertz CT molecular complexity index is 569. The third-order valence-electron chi connectivity index (χ3n) is 2.57. The highest BCUT2D eigenvalue weighted by atomic mass is 16.5. The highest BCUT2D eigenvalue weighted by molar-refractivity contribution is 5.88. The standard InChI is InChI=1S/C12H12N2O3/c1-17-11-9-6-8(10(13)12(15)16)3-2-7(9)4-5-14-11/h2-6,10H,13H2,1H3,(H,15,16). The van der Waals surface area contributed by atoms with Crippen LogP contribution in [-0.4, -0.2) is 23.2 Å².